The van der Waals surface area contributed by atoms with Crippen LogP contribution in [0.2, 0.25) is 0 Å². The summed E-state index contributed by atoms with van der Waals surface area (Å²) in [6.07, 6.45) is 5.39. The average Bonchev–Trinajstić information content (AvgIpc) is 2.99. The molecule has 0 saturated carbocycles. The van der Waals surface area contributed by atoms with Crippen LogP contribution in [0.4, 0.5) is 0 Å². The quantitative estimate of drug-likeness (QED) is 0.475. The summed E-state index contributed by atoms with van der Waals surface area (Å²) in [5, 5.41) is 1.27. The van der Waals surface area contributed by atoms with E-state index in [9.17, 15) is 0 Å². The molecule has 1 nitrogen and oxygen atoms in total. The number of benzene rings is 2. The van der Waals surface area contributed by atoms with Crippen molar-refractivity contribution >= 4 is 21.4 Å². The Morgan fingerprint density at radius 2 is 1.83 bits per heavy atom. The molecule has 0 aliphatic carbocycles. The van der Waals surface area contributed by atoms with Gasteiger partial charge in [-0.25, -0.2) is 0 Å². The summed E-state index contributed by atoms with van der Waals surface area (Å²) in [4.78, 5) is 1.13. The van der Waals surface area contributed by atoms with E-state index in [1.807, 2.05) is 6.08 Å². The second-order valence-corrected chi connectivity index (χ2v) is 6.29. The van der Waals surface area contributed by atoms with Gasteiger partial charge in [0.05, 0.1) is 18.2 Å². The van der Waals surface area contributed by atoms with Crippen LogP contribution in [0.15, 0.2) is 66.9 Å². The number of fused-ring (bicyclic) bond motifs is 1. The van der Waals surface area contributed by atoms with Crippen LogP contribution in [-0.2, 0) is 17.6 Å². The monoisotopic (exact) mass is 318 g/mol. The zero-order chi connectivity index (χ0) is 15.9. The fraction of sp³-hybridized carbons (Fsp3) is 0.143. The first-order valence-electron chi connectivity index (χ1n) is 7.59. The van der Waals surface area contributed by atoms with Gasteiger partial charge >= 0.3 is 0 Å². The second kappa shape index (κ2) is 7.67. The Labute approximate surface area is 141 Å². The third-order valence-electron chi connectivity index (χ3n) is 3.60. The largest absolute Gasteiger partial charge is 0.505 e. The summed E-state index contributed by atoms with van der Waals surface area (Å²) in [6.45, 7) is 0. The van der Waals surface area contributed by atoms with Gasteiger partial charge in [0.2, 0.25) is 0 Å². The number of methoxy groups -OCH3 is 1. The topological polar surface area (TPSA) is 9.23 Å². The van der Waals surface area contributed by atoms with Crippen LogP contribution >= 0.6 is 11.3 Å². The summed E-state index contributed by atoms with van der Waals surface area (Å²) < 4.78 is 6.26. The van der Waals surface area contributed by atoms with Crippen molar-refractivity contribution < 1.29 is 4.74 Å². The summed E-state index contributed by atoms with van der Waals surface area (Å²) in [6, 6.07) is 19.0. The minimum absolute atomic E-state index is 0.769. The molecule has 2 aromatic carbocycles. The smallest absolute Gasteiger partial charge is 0.0788 e. The molecule has 0 atom stereocenters. The lowest BCUT2D eigenvalue weighted by molar-refractivity contribution is 0.337. The van der Waals surface area contributed by atoms with Gasteiger partial charge < -0.3 is 4.74 Å². The Morgan fingerprint density at radius 3 is 2.65 bits per heavy atom. The van der Waals surface area contributed by atoms with E-state index in [1.165, 1.54) is 21.2 Å². The maximum atomic E-state index is 4.96. The van der Waals surface area contributed by atoms with Crippen LogP contribution in [0, 0.1) is 11.8 Å². The first-order valence-corrected chi connectivity index (χ1v) is 8.40. The molecule has 0 bridgehead atoms. The zero-order valence-corrected chi connectivity index (χ0v) is 13.9. The molecular formula is C21H18OS. The Balaban J connectivity index is 1.74. The van der Waals surface area contributed by atoms with Gasteiger partial charge in [-0.15, -0.1) is 11.3 Å². The van der Waals surface area contributed by atoms with Gasteiger partial charge in [-0.1, -0.05) is 54.3 Å². The number of thiophene rings is 1. The van der Waals surface area contributed by atoms with Gasteiger partial charge in [0, 0.05) is 11.1 Å². The highest BCUT2D eigenvalue weighted by atomic mass is 32.1. The van der Waals surface area contributed by atoms with Crippen molar-refractivity contribution in [2.24, 2.45) is 0 Å². The first kappa shape index (κ1) is 15.4. The highest BCUT2D eigenvalue weighted by Gasteiger charge is 1.99. The van der Waals surface area contributed by atoms with Crippen molar-refractivity contribution in [3.8, 4) is 11.8 Å². The van der Waals surface area contributed by atoms with E-state index < -0.39 is 0 Å². The third-order valence-corrected chi connectivity index (χ3v) is 4.64. The molecule has 0 aliphatic rings. The van der Waals surface area contributed by atoms with E-state index in [0.29, 0.717) is 0 Å². The molecule has 114 valence electrons. The molecule has 23 heavy (non-hydrogen) atoms. The van der Waals surface area contributed by atoms with E-state index in [2.05, 4.69) is 66.4 Å². The van der Waals surface area contributed by atoms with E-state index in [-0.39, 0.29) is 0 Å². The Kier molecular flexibility index (Phi) is 5.13. The maximum absolute atomic E-state index is 4.96. The van der Waals surface area contributed by atoms with E-state index in [0.717, 1.165) is 17.7 Å². The molecule has 0 amide bonds. The molecule has 0 aliphatic heterocycles. The molecule has 0 fully saturated rings. The Morgan fingerprint density at radius 1 is 1.04 bits per heavy atom. The van der Waals surface area contributed by atoms with Crippen molar-refractivity contribution in [1.82, 2.24) is 0 Å². The highest BCUT2D eigenvalue weighted by Crippen LogP contribution is 2.24. The van der Waals surface area contributed by atoms with E-state index in [1.54, 1.807) is 24.7 Å². The second-order valence-electron chi connectivity index (χ2n) is 5.21. The van der Waals surface area contributed by atoms with Crippen LogP contribution in [0.25, 0.3) is 10.1 Å². The Hall–Kier alpha value is -2.50. The SMILES string of the molecule is CO/C=C/Cc1ccccc1CC#Cc1cc2ccccc2s1. The highest BCUT2D eigenvalue weighted by molar-refractivity contribution is 7.19. The first-order chi connectivity index (χ1) is 11.4. The lowest BCUT2D eigenvalue weighted by atomic mass is 10.0. The number of hydrogen-bond acceptors (Lipinski definition) is 2. The number of allylic oxidation sites excluding steroid dienone is 1. The zero-order valence-electron chi connectivity index (χ0n) is 13.1. The van der Waals surface area contributed by atoms with Crippen molar-refractivity contribution in [3.63, 3.8) is 0 Å². The summed E-state index contributed by atoms with van der Waals surface area (Å²) in [7, 11) is 1.67. The molecule has 2 heteroatoms. The van der Waals surface area contributed by atoms with Crippen LogP contribution in [0.1, 0.15) is 16.0 Å². The molecule has 3 rings (SSSR count). The van der Waals surface area contributed by atoms with E-state index in [4.69, 9.17) is 4.74 Å². The molecule has 0 N–H and O–H groups in total. The van der Waals surface area contributed by atoms with Gasteiger partial charge in [-0.05, 0) is 41.1 Å². The minimum Gasteiger partial charge on any atom is -0.505 e. The molecular weight excluding hydrogens is 300 g/mol. The van der Waals surface area contributed by atoms with Gasteiger partial charge in [0.1, 0.15) is 0 Å². The van der Waals surface area contributed by atoms with Crippen LogP contribution in [-0.4, -0.2) is 7.11 Å². The Bertz CT molecular complexity index is 844. The number of hydrogen-bond donors (Lipinski definition) is 0. The van der Waals surface area contributed by atoms with Gasteiger partial charge in [0.25, 0.3) is 0 Å². The molecule has 0 unspecified atom stereocenters. The van der Waals surface area contributed by atoms with Crippen molar-refractivity contribution in [2.75, 3.05) is 7.11 Å². The summed E-state index contributed by atoms with van der Waals surface area (Å²) in [5.41, 5.74) is 2.58. The average molecular weight is 318 g/mol. The van der Waals surface area contributed by atoms with Crippen LogP contribution < -0.4 is 0 Å². The van der Waals surface area contributed by atoms with Crippen LogP contribution in [0.3, 0.4) is 0 Å². The lowest BCUT2D eigenvalue weighted by Crippen LogP contribution is -1.91. The normalized spacial score (nSPS) is 10.7. The maximum Gasteiger partial charge on any atom is 0.0788 e. The van der Waals surface area contributed by atoms with Gasteiger partial charge in [-0.2, -0.15) is 0 Å². The predicted octanol–water partition coefficient (Wildman–Crippen LogP) is 5.20. The van der Waals surface area contributed by atoms with Crippen LogP contribution in [0.5, 0.6) is 0 Å². The van der Waals surface area contributed by atoms with Crippen molar-refractivity contribution in [2.45, 2.75) is 12.8 Å². The molecule has 1 aromatic heterocycles. The fourth-order valence-corrected chi connectivity index (χ4v) is 3.41. The van der Waals surface area contributed by atoms with Gasteiger partial charge in [-0.3, -0.25) is 0 Å². The number of rotatable bonds is 4. The van der Waals surface area contributed by atoms with E-state index >= 15 is 0 Å². The molecule has 3 aromatic rings. The van der Waals surface area contributed by atoms with Gasteiger partial charge in [0.15, 0.2) is 0 Å². The summed E-state index contributed by atoms with van der Waals surface area (Å²) >= 11 is 1.75. The minimum atomic E-state index is 0.769. The molecule has 0 radical (unpaired) electrons. The van der Waals surface area contributed by atoms with Crippen molar-refractivity contribution in [1.29, 1.82) is 0 Å². The number of ether oxygens (including phenoxy) is 1. The predicted molar refractivity (Wildman–Crippen MR) is 98.7 cm³/mol. The van der Waals surface area contributed by atoms with Crippen molar-refractivity contribution in [3.05, 3.63) is 82.9 Å². The molecule has 0 spiro atoms. The third kappa shape index (κ3) is 4.03. The lowest BCUT2D eigenvalue weighted by Gasteiger charge is -2.03. The summed E-state index contributed by atoms with van der Waals surface area (Å²) in [5.74, 6) is 6.62. The standard InChI is InChI=1S/C21H18OS/c1-22-15-7-12-18-9-3-2-8-17(18)11-6-13-20-16-19-10-4-5-14-21(19)23-20/h2-5,7-10,14-16H,11-12H2,1H3/b15-7+. The molecule has 1 heterocycles. The fourth-order valence-electron chi connectivity index (χ4n) is 2.47. The molecule has 0 saturated heterocycles.